The number of urea groups is 1. The van der Waals surface area contributed by atoms with Crippen LogP contribution < -0.4 is 10.6 Å². The lowest BCUT2D eigenvalue weighted by molar-refractivity contribution is 0.193. The number of benzene rings is 2. The number of nitrogens with one attached hydrogen (secondary N) is 2. The molecule has 3 N–H and O–H groups in total. The van der Waals surface area contributed by atoms with Crippen molar-refractivity contribution in [3.05, 3.63) is 41.4 Å². The first-order valence-corrected chi connectivity index (χ1v) is 9.15. The van der Waals surface area contributed by atoms with E-state index in [4.69, 9.17) is 11.6 Å². The maximum atomic E-state index is 12.4. The fourth-order valence-corrected chi connectivity index (χ4v) is 3.09. The average Bonchev–Trinajstić information content (AvgIpc) is 2.60. The minimum atomic E-state index is -0.317. The van der Waals surface area contributed by atoms with E-state index in [9.17, 15) is 9.90 Å². The van der Waals surface area contributed by atoms with Crippen LogP contribution in [-0.2, 0) is 0 Å². The lowest BCUT2D eigenvalue weighted by Gasteiger charge is -2.24. The van der Waals surface area contributed by atoms with Gasteiger partial charge in [0.15, 0.2) is 0 Å². The Hall–Kier alpha value is -1.78. The molecule has 136 valence electrons. The smallest absolute Gasteiger partial charge is 0.319 e. The quantitative estimate of drug-likeness (QED) is 0.645. The molecule has 5 heteroatoms. The van der Waals surface area contributed by atoms with Crippen molar-refractivity contribution in [3.8, 4) is 0 Å². The fraction of sp³-hybridized carbons (Fsp3) is 0.450. The number of halogens is 1. The standard InChI is InChI=1S/C20H27ClN2O2/c1-13(2)8-9-14(3)19(12-24)23-20(25)22-18-11-10-17(21)15-6-4-5-7-16(15)18/h4-7,10-11,13-14,19,24H,8-9,12H2,1-3H3,(H2,22,23,25)/t14?,19-/m0/s1. The third-order valence-electron chi connectivity index (χ3n) is 4.52. The number of hydrogen-bond donors (Lipinski definition) is 3. The van der Waals surface area contributed by atoms with E-state index in [1.807, 2.05) is 24.3 Å². The molecule has 0 spiro atoms. The Morgan fingerprint density at radius 1 is 1.08 bits per heavy atom. The van der Waals surface area contributed by atoms with Gasteiger partial charge in [0.05, 0.1) is 18.3 Å². The number of aliphatic hydroxyl groups excluding tert-OH is 1. The largest absolute Gasteiger partial charge is 0.394 e. The highest BCUT2D eigenvalue weighted by Crippen LogP contribution is 2.29. The average molecular weight is 363 g/mol. The number of carbonyl (C=O) groups is 1. The molecule has 0 aliphatic heterocycles. The maximum Gasteiger partial charge on any atom is 0.319 e. The summed E-state index contributed by atoms with van der Waals surface area (Å²) in [5, 5.41) is 17.8. The van der Waals surface area contributed by atoms with E-state index in [-0.39, 0.29) is 24.6 Å². The van der Waals surface area contributed by atoms with Gasteiger partial charge in [-0.25, -0.2) is 4.79 Å². The van der Waals surface area contributed by atoms with E-state index in [1.54, 1.807) is 12.1 Å². The van der Waals surface area contributed by atoms with Crippen LogP contribution in [0.15, 0.2) is 36.4 Å². The monoisotopic (exact) mass is 362 g/mol. The van der Waals surface area contributed by atoms with Gasteiger partial charge in [-0.2, -0.15) is 0 Å². The molecule has 0 bridgehead atoms. The lowest BCUT2D eigenvalue weighted by Crippen LogP contribution is -2.44. The Labute approximate surface area is 154 Å². The fourth-order valence-electron chi connectivity index (χ4n) is 2.86. The molecule has 2 rings (SSSR count). The molecule has 0 heterocycles. The van der Waals surface area contributed by atoms with Crippen LogP contribution in [0.2, 0.25) is 5.02 Å². The topological polar surface area (TPSA) is 61.4 Å². The van der Waals surface area contributed by atoms with Crippen LogP contribution in [0.3, 0.4) is 0 Å². The molecule has 4 nitrogen and oxygen atoms in total. The first-order valence-electron chi connectivity index (χ1n) is 8.78. The van der Waals surface area contributed by atoms with Crippen molar-refractivity contribution >= 4 is 34.1 Å². The van der Waals surface area contributed by atoms with Crippen molar-refractivity contribution in [1.82, 2.24) is 5.32 Å². The van der Waals surface area contributed by atoms with Gasteiger partial charge in [0.25, 0.3) is 0 Å². The number of rotatable bonds is 7. The van der Waals surface area contributed by atoms with Gasteiger partial charge < -0.3 is 15.7 Å². The first-order chi connectivity index (χ1) is 11.9. The van der Waals surface area contributed by atoms with Crippen molar-refractivity contribution in [2.75, 3.05) is 11.9 Å². The molecule has 0 aliphatic carbocycles. The molecule has 0 aromatic heterocycles. The van der Waals surface area contributed by atoms with Crippen LogP contribution in [0, 0.1) is 11.8 Å². The summed E-state index contributed by atoms with van der Waals surface area (Å²) in [6, 6.07) is 10.6. The second kappa shape index (κ2) is 9.07. The Morgan fingerprint density at radius 3 is 2.40 bits per heavy atom. The van der Waals surface area contributed by atoms with E-state index < -0.39 is 0 Å². The highest BCUT2D eigenvalue weighted by atomic mass is 35.5. The van der Waals surface area contributed by atoms with Gasteiger partial charge in [-0.1, -0.05) is 63.1 Å². The SMILES string of the molecule is CC(C)CCC(C)[C@H](CO)NC(=O)Nc1ccc(Cl)c2ccccc12. The second-order valence-electron chi connectivity index (χ2n) is 6.98. The number of fused-ring (bicyclic) bond motifs is 1. The third kappa shape index (κ3) is 5.35. The summed E-state index contributed by atoms with van der Waals surface area (Å²) < 4.78 is 0. The number of amides is 2. The minimum absolute atomic E-state index is 0.0753. The molecule has 0 saturated heterocycles. The van der Waals surface area contributed by atoms with E-state index in [1.165, 1.54) is 0 Å². The van der Waals surface area contributed by atoms with Crippen molar-refractivity contribution in [1.29, 1.82) is 0 Å². The highest BCUT2D eigenvalue weighted by molar-refractivity contribution is 6.36. The van der Waals surface area contributed by atoms with E-state index in [0.29, 0.717) is 16.6 Å². The summed E-state index contributed by atoms with van der Waals surface area (Å²) in [6.07, 6.45) is 2.04. The van der Waals surface area contributed by atoms with Crippen molar-refractivity contribution in [2.45, 2.75) is 39.7 Å². The van der Waals surface area contributed by atoms with Crippen molar-refractivity contribution in [3.63, 3.8) is 0 Å². The Morgan fingerprint density at radius 2 is 1.76 bits per heavy atom. The summed E-state index contributed by atoms with van der Waals surface area (Å²) in [6.45, 7) is 6.33. The van der Waals surface area contributed by atoms with Gasteiger partial charge in [0, 0.05) is 15.8 Å². The van der Waals surface area contributed by atoms with Gasteiger partial charge in [-0.05, 0) is 30.4 Å². The van der Waals surface area contributed by atoms with Crippen LogP contribution in [0.1, 0.15) is 33.6 Å². The lowest BCUT2D eigenvalue weighted by atomic mass is 9.93. The molecule has 2 aromatic carbocycles. The normalized spacial score (nSPS) is 13.7. The zero-order valence-electron chi connectivity index (χ0n) is 15.1. The molecular weight excluding hydrogens is 336 g/mol. The zero-order valence-corrected chi connectivity index (χ0v) is 15.8. The highest BCUT2D eigenvalue weighted by Gasteiger charge is 2.19. The van der Waals surface area contributed by atoms with E-state index >= 15 is 0 Å². The van der Waals surface area contributed by atoms with Crippen LogP contribution in [0.25, 0.3) is 10.8 Å². The van der Waals surface area contributed by atoms with Gasteiger partial charge in [0.1, 0.15) is 0 Å². The second-order valence-corrected chi connectivity index (χ2v) is 7.38. The third-order valence-corrected chi connectivity index (χ3v) is 4.85. The molecule has 2 aromatic rings. The number of anilines is 1. The van der Waals surface area contributed by atoms with Gasteiger partial charge in [-0.3, -0.25) is 0 Å². The van der Waals surface area contributed by atoms with Gasteiger partial charge >= 0.3 is 6.03 Å². The maximum absolute atomic E-state index is 12.4. The molecule has 2 amide bonds. The van der Waals surface area contributed by atoms with Crippen LogP contribution in [0.5, 0.6) is 0 Å². The predicted molar refractivity (Wildman–Crippen MR) is 105 cm³/mol. The molecule has 0 aliphatic rings. The molecule has 0 fully saturated rings. The zero-order chi connectivity index (χ0) is 18.4. The van der Waals surface area contributed by atoms with Gasteiger partial charge in [-0.15, -0.1) is 0 Å². The van der Waals surface area contributed by atoms with Crippen LogP contribution >= 0.6 is 11.6 Å². The van der Waals surface area contributed by atoms with Gasteiger partial charge in [0.2, 0.25) is 0 Å². The Bertz CT molecular complexity index is 718. The molecule has 2 atom stereocenters. The predicted octanol–water partition coefficient (Wildman–Crippen LogP) is 5.05. The van der Waals surface area contributed by atoms with Crippen LogP contribution in [0.4, 0.5) is 10.5 Å². The van der Waals surface area contributed by atoms with Crippen molar-refractivity contribution < 1.29 is 9.90 Å². The number of hydrogen-bond acceptors (Lipinski definition) is 2. The molecule has 1 unspecified atom stereocenters. The summed E-state index contributed by atoms with van der Waals surface area (Å²) >= 11 is 6.21. The molecule has 0 radical (unpaired) electrons. The van der Waals surface area contributed by atoms with Crippen molar-refractivity contribution in [2.24, 2.45) is 11.8 Å². The Kier molecular flexibility index (Phi) is 7.09. The minimum Gasteiger partial charge on any atom is -0.394 e. The molecule has 0 saturated carbocycles. The molecule has 25 heavy (non-hydrogen) atoms. The summed E-state index contributed by atoms with van der Waals surface area (Å²) in [5.74, 6) is 0.816. The summed E-state index contributed by atoms with van der Waals surface area (Å²) in [4.78, 5) is 12.4. The van der Waals surface area contributed by atoms with E-state index in [2.05, 4.69) is 31.4 Å². The Balaban J connectivity index is 2.05. The summed E-state index contributed by atoms with van der Waals surface area (Å²) in [7, 11) is 0. The number of carbonyl (C=O) groups excluding carboxylic acids is 1. The van der Waals surface area contributed by atoms with E-state index in [0.717, 1.165) is 23.6 Å². The molecular formula is C20H27ClN2O2. The van der Waals surface area contributed by atoms with Crippen LogP contribution in [-0.4, -0.2) is 23.8 Å². The summed E-state index contributed by atoms with van der Waals surface area (Å²) in [5.41, 5.74) is 0.698. The number of aliphatic hydroxyl groups is 1. The first kappa shape index (κ1) is 19.5.